The maximum atomic E-state index is 12.4. The number of anilines is 1. The molecular weight excluding hydrogens is 390 g/mol. The monoisotopic (exact) mass is 411 g/mol. The Kier molecular flexibility index (Phi) is 6.37. The minimum Gasteiger partial charge on any atom is -0.326 e. The summed E-state index contributed by atoms with van der Waals surface area (Å²) in [5.74, 6) is -0.236. The lowest BCUT2D eigenvalue weighted by molar-refractivity contribution is -0.114. The van der Waals surface area contributed by atoms with Crippen molar-refractivity contribution in [2.24, 2.45) is 5.14 Å². The van der Waals surface area contributed by atoms with E-state index in [1.165, 1.54) is 37.3 Å². The van der Waals surface area contributed by atoms with Gasteiger partial charge in [-0.1, -0.05) is 12.1 Å². The molecule has 0 aliphatic rings. The summed E-state index contributed by atoms with van der Waals surface area (Å²) < 4.78 is 49.7. The van der Waals surface area contributed by atoms with Gasteiger partial charge in [-0.3, -0.25) is 4.79 Å². The van der Waals surface area contributed by atoms with Gasteiger partial charge in [0.25, 0.3) is 0 Å². The molecule has 8 nitrogen and oxygen atoms in total. The van der Waals surface area contributed by atoms with Crippen molar-refractivity contribution >= 4 is 31.6 Å². The molecule has 10 heteroatoms. The van der Waals surface area contributed by atoms with Gasteiger partial charge in [0.05, 0.1) is 9.79 Å². The molecule has 0 bridgehead atoms. The van der Waals surface area contributed by atoms with E-state index in [2.05, 4.69) is 10.0 Å². The van der Waals surface area contributed by atoms with E-state index in [-0.39, 0.29) is 22.2 Å². The normalized spacial score (nSPS) is 12.0. The third-order valence-corrected chi connectivity index (χ3v) is 6.16. The van der Waals surface area contributed by atoms with Crippen LogP contribution in [-0.4, -0.2) is 29.3 Å². The summed E-state index contributed by atoms with van der Waals surface area (Å²) >= 11 is 0. The Morgan fingerprint density at radius 2 is 1.59 bits per heavy atom. The van der Waals surface area contributed by atoms with Crippen molar-refractivity contribution < 1.29 is 21.6 Å². The molecule has 0 unspecified atom stereocenters. The van der Waals surface area contributed by atoms with Crippen molar-refractivity contribution in [1.82, 2.24) is 4.72 Å². The van der Waals surface area contributed by atoms with Gasteiger partial charge < -0.3 is 5.32 Å². The smallest absolute Gasteiger partial charge is 0.240 e. The van der Waals surface area contributed by atoms with Crippen LogP contribution in [0.5, 0.6) is 0 Å². The highest BCUT2D eigenvalue weighted by molar-refractivity contribution is 7.89. The van der Waals surface area contributed by atoms with Crippen LogP contribution < -0.4 is 15.2 Å². The van der Waals surface area contributed by atoms with E-state index in [1.807, 2.05) is 0 Å². The highest BCUT2D eigenvalue weighted by Gasteiger charge is 2.15. The second-order valence-corrected chi connectivity index (χ2v) is 9.32. The fourth-order valence-electron chi connectivity index (χ4n) is 2.39. The minimum absolute atomic E-state index is 0.00145. The zero-order valence-electron chi connectivity index (χ0n) is 14.9. The van der Waals surface area contributed by atoms with E-state index < -0.39 is 20.0 Å². The van der Waals surface area contributed by atoms with Gasteiger partial charge in [-0.25, -0.2) is 26.7 Å². The zero-order chi connectivity index (χ0) is 20.2. The molecule has 2 aromatic rings. The van der Waals surface area contributed by atoms with Crippen LogP contribution in [0.2, 0.25) is 0 Å². The van der Waals surface area contributed by atoms with E-state index in [0.717, 1.165) is 5.56 Å². The molecule has 0 aromatic heterocycles. The third kappa shape index (κ3) is 5.86. The topological polar surface area (TPSA) is 135 Å². The highest BCUT2D eigenvalue weighted by atomic mass is 32.2. The lowest BCUT2D eigenvalue weighted by Crippen LogP contribution is -2.26. The van der Waals surface area contributed by atoms with Crippen LogP contribution in [0.4, 0.5) is 5.69 Å². The van der Waals surface area contributed by atoms with Gasteiger partial charge in [-0.05, 0) is 54.8 Å². The number of hydrogen-bond acceptors (Lipinski definition) is 5. The maximum Gasteiger partial charge on any atom is 0.240 e. The Bertz CT molecular complexity index is 1050. The van der Waals surface area contributed by atoms with Gasteiger partial charge >= 0.3 is 0 Å². The number of nitrogens with one attached hydrogen (secondary N) is 2. The van der Waals surface area contributed by atoms with Gasteiger partial charge in [0.15, 0.2) is 0 Å². The van der Waals surface area contributed by atoms with Gasteiger partial charge in [-0.15, -0.1) is 0 Å². The summed E-state index contributed by atoms with van der Waals surface area (Å²) in [6.07, 6.45) is 0.382. The Labute approximate surface area is 158 Å². The first kappa shape index (κ1) is 21.0. The molecule has 0 saturated carbocycles. The summed E-state index contributed by atoms with van der Waals surface area (Å²) in [5.41, 5.74) is 1.95. The minimum atomic E-state index is -3.75. The van der Waals surface area contributed by atoms with E-state index in [0.29, 0.717) is 17.7 Å². The molecule has 2 aromatic carbocycles. The van der Waals surface area contributed by atoms with Crippen LogP contribution in [0.1, 0.15) is 18.1 Å². The van der Waals surface area contributed by atoms with Crippen LogP contribution in [-0.2, 0) is 31.3 Å². The molecule has 0 aliphatic heterocycles. The predicted molar refractivity (Wildman–Crippen MR) is 102 cm³/mol. The van der Waals surface area contributed by atoms with Gasteiger partial charge in [0, 0.05) is 19.2 Å². The Morgan fingerprint density at radius 3 is 2.11 bits per heavy atom. The first-order chi connectivity index (χ1) is 12.5. The molecule has 2 rings (SSSR count). The van der Waals surface area contributed by atoms with Crippen LogP contribution in [0, 0.1) is 6.92 Å². The average molecular weight is 412 g/mol. The second kappa shape index (κ2) is 8.17. The van der Waals surface area contributed by atoms with Gasteiger partial charge in [-0.2, -0.15) is 0 Å². The standard InChI is InChI=1S/C17H21N3O5S2/c1-12-11-16(7-8-17(12)20-13(2)21)27(24,25)19-10-9-14-3-5-15(6-4-14)26(18,22)23/h3-8,11,19H,9-10H2,1-2H3,(H,20,21)(H2,18,22,23). The Balaban J connectivity index is 2.02. The molecule has 0 heterocycles. The number of aryl methyl sites for hydroxylation is 1. The van der Waals surface area contributed by atoms with E-state index >= 15 is 0 Å². The van der Waals surface area contributed by atoms with Crippen molar-refractivity contribution in [3.63, 3.8) is 0 Å². The molecular formula is C17H21N3O5S2. The van der Waals surface area contributed by atoms with E-state index in [9.17, 15) is 21.6 Å². The van der Waals surface area contributed by atoms with Crippen molar-refractivity contribution in [3.8, 4) is 0 Å². The third-order valence-electron chi connectivity index (χ3n) is 3.78. The number of rotatable bonds is 7. The molecule has 1 amide bonds. The summed E-state index contributed by atoms with van der Waals surface area (Å²) in [6, 6.07) is 10.4. The van der Waals surface area contributed by atoms with E-state index in [4.69, 9.17) is 5.14 Å². The number of carbonyl (C=O) groups excluding carboxylic acids is 1. The number of benzene rings is 2. The molecule has 0 atom stereocenters. The van der Waals surface area contributed by atoms with E-state index in [1.54, 1.807) is 19.1 Å². The van der Waals surface area contributed by atoms with Crippen molar-refractivity contribution in [1.29, 1.82) is 0 Å². The zero-order valence-corrected chi connectivity index (χ0v) is 16.5. The maximum absolute atomic E-state index is 12.4. The molecule has 27 heavy (non-hydrogen) atoms. The predicted octanol–water partition coefficient (Wildman–Crippen LogP) is 1.12. The molecule has 146 valence electrons. The van der Waals surface area contributed by atoms with Crippen LogP contribution in [0.3, 0.4) is 0 Å². The first-order valence-corrected chi connectivity index (χ1v) is 11.0. The molecule has 0 saturated heterocycles. The lowest BCUT2D eigenvalue weighted by atomic mass is 10.2. The number of amides is 1. The van der Waals surface area contributed by atoms with Gasteiger partial charge in [0.2, 0.25) is 26.0 Å². The molecule has 0 fully saturated rings. The SMILES string of the molecule is CC(=O)Nc1ccc(S(=O)(=O)NCCc2ccc(S(N)(=O)=O)cc2)cc1C. The quantitative estimate of drug-likeness (QED) is 0.627. The van der Waals surface area contributed by atoms with Crippen molar-refractivity contribution in [2.45, 2.75) is 30.1 Å². The number of sulfonamides is 2. The highest BCUT2D eigenvalue weighted by Crippen LogP contribution is 2.19. The lowest BCUT2D eigenvalue weighted by Gasteiger charge is -2.11. The van der Waals surface area contributed by atoms with Crippen LogP contribution in [0.25, 0.3) is 0 Å². The van der Waals surface area contributed by atoms with Crippen molar-refractivity contribution in [2.75, 3.05) is 11.9 Å². The molecule has 4 N–H and O–H groups in total. The largest absolute Gasteiger partial charge is 0.326 e. The average Bonchev–Trinajstić information content (AvgIpc) is 2.56. The molecule has 0 radical (unpaired) electrons. The number of carbonyl (C=O) groups is 1. The Hall–Kier alpha value is -2.27. The fraction of sp³-hybridized carbons (Fsp3) is 0.235. The van der Waals surface area contributed by atoms with Gasteiger partial charge in [0.1, 0.15) is 0 Å². The summed E-state index contributed by atoms with van der Waals surface area (Å²) in [6.45, 7) is 3.22. The van der Waals surface area contributed by atoms with Crippen LogP contribution in [0.15, 0.2) is 52.3 Å². The number of primary sulfonamides is 1. The summed E-state index contributed by atoms with van der Waals surface area (Å²) in [5, 5.41) is 7.66. The number of nitrogens with two attached hydrogens (primary N) is 1. The number of hydrogen-bond donors (Lipinski definition) is 3. The summed E-state index contributed by atoms with van der Waals surface area (Å²) in [4.78, 5) is 11.2. The fourth-order valence-corrected chi connectivity index (χ4v) is 4.02. The molecule has 0 aliphatic carbocycles. The first-order valence-electron chi connectivity index (χ1n) is 7.99. The Morgan fingerprint density at radius 1 is 1.00 bits per heavy atom. The van der Waals surface area contributed by atoms with Crippen molar-refractivity contribution in [3.05, 3.63) is 53.6 Å². The van der Waals surface area contributed by atoms with Crippen LogP contribution >= 0.6 is 0 Å². The molecule has 0 spiro atoms. The second-order valence-electron chi connectivity index (χ2n) is 5.99. The summed E-state index contributed by atoms with van der Waals surface area (Å²) in [7, 11) is -7.46.